The van der Waals surface area contributed by atoms with Gasteiger partial charge in [-0.1, -0.05) is 54.6 Å². The van der Waals surface area contributed by atoms with Gasteiger partial charge in [0.15, 0.2) is 12.2 Å². The maximum Gasteiger partial charge on any atom is 0.335 e. The molecule has 1 aliphatic carbocycles. The number of carboxylic acid groups (broad SMARTS) is 1. The molecule has 6 rings (SSSR count). The van der Waals surface area contributed by atoms with Gasteiger partial charge in [-0.05, 0) is 88.9 Å². The van der Waals surface area contributed by atoms with Crippen LogP contribution in [0.3, 0.4) is 0 Å². The average molecular weight is 751 g/mol. The molecule has 0 radical (unpaired) electrons. The van der Waals surface area contributed by atoms with E-state index in [0.29, 0.717) is 48.2 Å². The zero-order valence-electron chi connectivity index (χ0n) is 27.5. The van der Waals surface area contributed by atoms with Crippen LogP contribution in [0.25, 0.3) is 5.57 Å². The van der Waals surface area contributed by atoms with E-state index in [9.17, 15) is 29.0 Å². The van der Waals surface area contributed by atoms with Crippen molar-refractivity contribution in [2.75, 3.05) is 26.2 Å². The van der Waals surface area contributed by atoms with E-state index in [-0.39, 0.29) is 36.9 Å². The number of hydrogen-bond donors (Lipinski definition) is 4. The highest BCUT2D eigenvalue weighted by atomic mass is 79.9. The Morgan fingerprint density at radius 2 is 1.68 bits per heavy atom. The molecule has 2 aliphatic heterocycles. The summed E-state index contributed by atoms with van der Waals surface area (Å²) < 4.78 is 20.1. The first kappa shape index (κ1) is 35.7. The number of aliphatic hydroxyl groups is 2. The molecular formula is C38H41BrFN3O7. The molecule has 1 saturated carbocycles. The molecule has 3 aromatic rings. The molecule has 0 aromatic heterocycles. The molecule has 0 unspecified atom stereocenters. The van der Waals surface area contributed by atoms with Crippen molar-refractivity contribution in [3.63, 3.8) is 0 Å². The number of aryl methyl sites for hydroxylation is 1. The van der Waals surface area contributed by atoms with E-state index in [1.165, 1.54) is 17.0 Å². The van der Waals surface area contributed by atoms with Crippen molar-refractivity contribution in [2.45, 2.75) is 68.9 Å². The summed E-state index contributed by atoms with van der Waals surface area (Å²) in [5.41, 5.74) is 4.59. The van der Waals surface area contributed by atoms with E-state index in [1.807, 2.05) is 59.5 Å². The van der Waals surface area contributed by atoms with Gasteiger partial charge < -0.3 is 35.2 Å². The van der Waals surface area contributed by atoms with Crippen LogP contribution in [0.4, 0.5) is 4.39 Å². The van der Waals surface area contributed by atoms with Crippen molar-refractivity contribution in [1.29, 1.82) is 0 Å². The monoisotopic (exact) mass is 749 g/mol. The lowest BCUT2D eigenvalue weighted by Crippen LogP contribution is -2.64. The van der Waals surface area contributed by atoms with Gasteiger partial charge in [0.25, 0.3) is 11.8 Å². The normalized spacial score (nSPS) is 19.9. The highest BCUT2D eigenvalue weighted by Gasteiger charge is 2.45. The van der Waals surface area contributed by atoms with Gasteiger partial charge in [-0.25, -0.2) is 9.18 Å². The molecule has 2 heterocycles. The van der Waals surface area contributed by atoms with Gasteiger partial charge in [0.1, 0.15) is 11.6 Å². The zero-order chi connectivity index (χ0) is 35.4. The van der Waals surface area contributed by atoms with Crippen LogP contribution >= 0.6 is 15.9 Å². The van der Waals surface area contributed by atoms with E-state index < -0.39 is 30.1 Å². The number of nitrogens with one attached hydrogen (secondary N) is 1. The number of hydrogen-bond acceptors (Lipinski definition) is 7. The average Bonchev–Trinajstić information content (AvgIpc) is 3.96. The molecule has 264 valence electrons. The number of carbonyl (C=O) groups excluding carboxylic acids is 2. The summed E-state index contributed by atoms with van der Waals surface area (Å²) in [6.45, 7) is 1.18. The lowest BCUT2D eigenvalue weighted by atomic mass is 9.82. The summed E-state index contributed by atoms with van der Waals surface area (Å²) in [5.74, 6) is -2.57. The third kappa shape index (κ3) is 8.43. The standard InChI is InChI=1S/C38H41BrFN3O7/c39-30-15-12-26(40)19-32(30)50-18-4-7-24-8-10-25(11-9-24)29-20-27-21-42(37(47)34(44)35(45)38(48)49)22-31(41-27)33(29)36(46)43(28-13-14-28)17-16-23-5-2-1-3-6-23/h1-3,5-6,8-12,15,19,27-28,31,34-35,41,44-45H,4,7,13-14,16-18,20-22H2,(H,48,49)/t27-,31-,34+,35+/m1/s1. The second-order valence-electron chi connectivity index (χ2n) is 13.2. The Hall–Kier alpha value is -4.10. The molecule has 2 amide bonds. The number of aliphatic carboxylic acids is 1. The van der Waals surface area contributed by atoms with Gasteiger partial charge >= 0.3 is 5.97 Å². The largest absolute Gasteiger partial charge is 0.492 e. The second-order valence-corrected chi connectivity index (χ2v) is 14.0. The van der Waals surface area contributed by atoms with Gasteiger partial charge in [0.2, 0.25) is 0 Å². The minimum Gasteiger partial charge on any atom is -0.492 e. The molecule has 2 fully saturated rings. The van der Waals surface area contributed by atoms with Crippen LogP contribution in [0, 0.1) is 5.82 Å². The Morgan fingerprint density at radius 1 is 0.960 bits per heavy atom. The summed E-state index contributed by atoms with van der Waals surface area (Å²) >= 11 is 3.38. The van der Waals surface area contributed by atoms with Crippen LogP contribution < -0.4 is 10.1 Å². The number of nitrogens with zero attached hydrogens (tertiary/aromatic N) is 2. The third-order valence-electron chi connectivity index (χ3n) is 9.55. The number of fused-ring (bicyclic) bond motifs is 2. The van der Waals surface area contributed by atoms with Crippen LogP contribution in [0.1, 0.15) is 42.4 Å². The third-order valence-corrected chi connectivity index (χ3v) is 10.2. The van der Waals surface area contributed by atoms with Crippen molar-refractivity contribution < 1.29 is 38.8 Å². The number of carbonyl (C=O) groups is 3. The first-order chi connectivity index (χ1) is 24.1. The van der Waals surface area contributed by atoms with Crippen LogP contribution in [0.15, 0.2) is 82.8 Å². The Balaban J connectivity index is 1.23. The molecule has 3 aliphatic rings. The fourth-order valence-electron chi connectivity index (χ4n) is 6.81. The van der Waals surface area contributed by atoms with Gasteiger partial charge in [0, 0.05) is 43.4 Å². The topological polar surface area (TPSA) is 140 Å². The molecule has 1 saturated heterocycles. The minimum atomic E-state index is -2.25. The number of amides is 2. The molecule has 4 N–H and O–H groups in total. The molecule has 3 aromatic carbocycles. The van der Waals surface area contributed by atoms with Crippen molar-refractivity contribution in [1.82, 2.24) is 15.1 Å². The van der Waals surface area contributed by atoms with Crippen molar-refractivity contribution in [2.24, 2.45) is 0 Å². The predicted molar refractivity (Wildman–Crippen MR) is 188 cm³/mol. The van der Waals surface area contributed by atoms with Crippen LogP contribution in [0.2, 0.25) is 0 Å². The Kier molecular flexibility index (Phi) is 11.3. The Morgan fingerprint density at radius 3 is 2.38 bits per heavy atom. The highest BCUT2D eigenvalue weighted by molar-refractivity contribution is 9.10. The zero-order valence-corrected chi connectivity index (χ0v) is 29.1. The van der Waals surface area contributed by atoms with Crippen LogP contribution in [0.5, 0.6) is 5.75 Å². The fourth-order valence-corrected chi connectivity index (χ4v) is 7.17. The smallest absolute Gasteiger partial charge is 0.335 e. The number of carboxylic acids is 1. The van der Waals surface area contributed by atoms with E-state index in [4.69, 9.17) is 9.84 Å². The lowest BCUT2D eigenvalue weighted by Gasteiger charge is -2.45. The van der Waals surface area contributed by atoms with Gasteiger partial charge in [0.05, 0.1) is 17.1 Å². The highest BCUT2D eigenvalue weighted by Crippen LogP contribution is 2.37. The van der Waals surface area contributed by atoms with Crippen molar-refractivity contribution in [3.05, 3.63) is 105 Å². The number of benzene rings is 3. The summed E-state index contributed by atoms with van der Waals surface area (Å²) in [7, 11) is 0. The van der Waals surface area contributed by atoms with Crippen molar-refractivity contribution in [3.8, 4) is 5.75 Å². The van der Waals surface area contributed by atoms with E-state index >= 15 is 0 Å². The second kappa shape index (κ2) is 15.8. The van der Waals surface area contributed by atoms with Gasteiger partial charge in [-0.2, -0.15) is 0 Å². The van der Waals surface area contributed by atoms with Crippen LogP contribution in [-0.2, 0) is 27.2 Å². The van der Waals surface area contributed by atoms with Crippen molar-refractivity contribution >= 4 is 39.3 Å². The summed E-state index contributed by atoms with van der Waals surface area (Å²) in [6, 6.07) is 21.8. The van der Waals surface area contributed by atoms with Gasteiger partial charge in [-0.15, -0.1) is 0 Å². The maximum absolute atomic E-state index is 14.6. The molecule has 2 bridgehead atoms. The molecular weight excluding hydrogens is 709 g/mol. The summed E-state index contributed by atoms with van der Waals surface area (Å²) in [4.78, 5) is 42.4. The SMILES string of the molecule is O=C(O)[C@@H](O)[C@H](O)C(=O)N1C[C@H]2CC(c3ccc(CCCOc4cc(F)ccc4Br)cc3)=C(C(=O)N(CCc3ccccc3)C3CC3)[C@@H](C1)N2. The lowest BCUT2D eigenvalue weighted by molar-refractivity contribution is -0.163. The number of piperazine rings is 1. The summed E-state index contributed by atoms with van der Waals surface area (Å²) in [6.07, 6.45) is 0.0624. The Labute approximate surface area is 298 Å². The van der Waals surface area contributed by atoms with Gasteiger partial charge in [-0.3, -0.25) is 9.59 Å². The Bertz CT molecular complexity index is 1730. The number of rotatable bonds is 14. The first-order valence-electron chi connectivity index (χ1n) is 17.0. The molecule has 50 heavy (non-hydrogen) atoms. The number of aliphatic hydroxyl groups excluding tert-OH is 2. The van der Waals surface area contributed by atoms with E-state index in [2.05, 4.69) is 21.2 Å². The quantitative estimate of drug-likeness (QED) is 0.182. The van der Waals surface area contributed by atoms with Crippen LogP contribution in [-0.4, -0.2) is 99.5 Å². The number of halogens is 2. The molecule has 12 heteroatoms. The molecule has 10 nitrogen and oxygen atoms in total. The summed E-state index contributed by atoms with van der Waals surface area (Å²) in [5, 5.41) is 32.9. The predicted octanol–water partition coefficient (Wildman–Crippen LogP) is 3.97. The molecule has 0 spiro atoms. The van der Waals surface area contributed by atoms with E-state index in [1.54, 1.807) is 6.07 Å². The maximum atomic E-state index is 14.6. The number of ether oxygens (including phenoxy) is 1. The van der Waals surface area contributed by atoms with E-state index in [0.717, 1.165) is 41.5 Å². The minimum absolute atomic E-state index is 0.0417. The molecule has 4 atom stereocenters. The first-order valence-corrected chi connectivity index (χ1v) is 17.8. The fraction of sp³-hybridized carbons (Fsp3) is 0.395.